The minimum absolute atomic E-state index is 0.154. The Morgan fingerprint density at radius 1 is 0.698 bits per heavy atom. The van der Waals surface area contributed by atoms with Gasteiger partial charge in [-0.2, -0.15) is 34.8 Å². The minimum atomic E-state index is -5.80. The summed E-state index contributed by atoms with van der Waals surface area (Å²) in [5.74, 6) is -1.02. The molecule has 0 fully saturated rings. The molecule has 0 saturated heterocycles. The number of methoxy groups -OCH3 is 1. The third-order valence-electron chi connectivity index (χ3n) is 6.69. The maximum absolute atomic E-state index is 14.4. The van der Waals surface area contributed by atoms with Crippen LogP contribution in [0, 0.1) is 6.92 Å². The van der Waals surface area contributed by atoms with E-state index in [1.807, 2.05) is 0 Å². The van der Waals surface area contributed by atoms with Gasteiger partial charge in [-0.1, -0.05) is 42.0 Å². The Kier molecular flexibility index (Phi) is 8.35. The lowest BCUT2D eigenvalue weighted by Gasteiger charge is -2.38. The van der Waals surface area contributed by atoms with Gasteiger partial charge in [0.05, 0.1) is 7.11 Å². The van der Waals surface area contributed by atoms with Gasteiger partial charge in [0.25, 0.3) is 10.1 Å². The maximum atomic E-state index is 14.4. The lowest BCUT2D eigenvalue weighted by molar-refractivity contribution is -0.288. The van der Waals surface area contributed by atoms with Gasteiger partial charge in [-0.3, -0.25) is 9.35 Å². The Hall–Kier alpha value is -4.36. The molecule has 226 valence electrons. The summed E-state index contributed by atoms with van der Waals surface area (Å²) in [7, 11) is -3.58. The van der Waals surface area contributed by atoms with Crippen LogP contribution < -0.4 is 9.47 Å². The highest BCUT2D eigenvalue weighted by Gasteiger charge is 2.72. The van der Waals surface area contributed by atoms with Crippen LogP contribution in [-0.4, -0.2) is 38.2 Å². The highest BCUT2D eigenvalue weighted by Crippen LogP contribution is 2.56. The number of carbonyl (C=O) groups is 1. The molecule has 0 bridgehead atoms. The van der Waals surface area contributed by atoms with E-state index in [0.29, 0.717) is 23.4 Å². The third-order valence-corrected chi connectivity index (χ3v) is 7.56. The lowest BCUT2D eigenvalue weighted by atomic mass is 9.72. The van der Waals surface area contributed by atoms with Crippen molar-refractivity contribution in [2.24, 2.45) is 0 Å². The number of alkyl halides is 6. The minimum Gasteiger partial charge on any atom is -0.497 e. The van der Waals surface area contributed by atoms with Crippen molar-refractivity contribution in [3.05, 3.63) is 119 Å². The van der Waals surface area contributed by atoms with Gasteiger partial charge in [0.15, 0.2) is 5.78 Å². The van der Waals surface area contributed by atoms with Crippen molar-refractivity contribution in [2.45, 2.75) is 29.6 Å². The van der Waals surface area contributed by atoms with Crippen LogP contribution in [0.25, 0.3) is 0 Å². The number of rotatable bonds is 8. The van der Waals surface area contributed by atoms with Crippen LogP contribution in [0.4, 0.5) is 26.3 Å². The molecule has 0 aliphatic rings. The predicted molar refractivity (Wildman–Crippen MR) is 143 cm³/mol. The molecule has 0 aromatic heterocycles. The van der Waals surface area contributed by atoms with E-state index < -0.39 is 55.4 Å². The molecule has 13 heteroatoms. The monoisotopic (exact) mass is 624 g/mol. The van der Waals surface area contributed by atoms with Crippen molar-refractivity contribution >= 4 is 15.9 Å². The topological polar surface area (TPSA) is 89.9 Å². The fourth-order valence-corrected chi connectivity index (χ4v) is 5.17. The molecule has 4 rings (SSSR count). The van der Waals surface area contributed by atoms with Gasteiger partial charge in [-0.25, -0.2) is 0 Å². The maximum Gasteiger partial charge on any atom is 0.411 e. The average Bonchev–Trinajstić information content (AvgIpc) is 2.93. The first kappa shape index (κ1) is 31.6. The summed E-state index contributed by atoms with van der Waals surface area (Å²) >= 11 is 0. The molecule has 4 aromatic carbocycles. The Labute approximate surface area is 242 Å². The van der Waals surface area contributed by atoms with Gasteiger partial charge in [-0.15, -0.1) is 0 Å². The van der Waals surface area contributed by atoms with Gasteiger partial charge in [0.2, 0.25) is 5.41 Å². The summed E-state index contributed by atoms with van der Waals surface area (Å²) in [5.41, 5.74) is -6.11. The fourth-order valence-electron chi connectivity index (χ4n) is 4.53. The normalized spacial score (nSPS) is 12.6. The first-order valence-corrected chi connectivity index (χ1v) is 13.7. The molecule has 0 aliphatic carbocycles. The second-order valence-corrected chi connectivity index (χ2v) is 10.8. The molecule has 6 nitrogen and oxygen atoms in total. The molecule has 43 heavy (non-hydrogen) atoms. The highest BCUT2D eigenvalue weighted by molar-refractivity contribution is 7.86. The van der Waals surface area contributed by atoms with Crippen LogP contribution in [-0.2, 0) is 15.5 Å². The Bertz CT molecular complexity index is 1710. The van der Waals surface area contributed by atoms with E-state index in [1.54, 1.807) is 0 Å². The van der Waals surface area contributed by atoms with Crippen LogP contribution in [0.5, 0.6) is 17.2 Å². The van der Waals surface area contributed by atoms with Crippen molar-refractivity contribution < 1.29 is 53.6 Å². The molecule has 0 aliphatic heterocycles. The summed E-state index contributed by atoms with van der Waals surface area (Å²) in [6.45, 7) is 1.52. The molecule has 1 N–H and O–H groups in total. The summed E-state index contributed by atoms with van der Waals surface area (Å²) in [4.78, 5) is 12.0. The zero-order valence-corrected chi connectivity index (χ0v) is 23.1. The van der Waals surface area contributed by atoms with E-state index in [2.05, 4.69) is 0 Å². The molecule has 0 heterocycles. The van der Waals surface area contributed by atoms with Gasteiger partial charge in [-0.05, 0) is 72.6 Å². The van der Waals surface area contributed by atoms with Crippen molar-refractivity contribution in [1.29, 1.82) is 0 Å². The smallest absolute Gasteiger partial charge is 0.411 e. The lowest BCUT2D eigenvalue weighted by Crippen LogP contribution is -2.54. The van der Waals surface area contributed by atoms with E-state index in [1.165, 1.54) is 44.4 Å². The van der Waals surface area contributed by atoms with Gasteiger partial charge >= 0.3 is 12.4 Å². The number of ketones is 1. The molecule has 0 atom stereocenters. The van der Waals surface area contributed by atoms with Crippen LogP contribution in [0.15, 0.2) is 95.9 Å². The number of ether oxygens (including phenoxy) is 2. The molecule has 4 aromatic rings. The zero-order chi connectivity index (χ0) is 31.8. The summed E-state index contributed by atoms with van der Waals surface area (Å²) < 4.78 is 131. The van der Waals surface area contributed by atoms with Gasteiger partial charge in [0.1, 0.15) is 22.1 Å². The van der Waals surface area contributed by atoms with Crippen molar-refractivity contribution in [1.82, 2.24) is 0 Å². The second kappa shape index (κ2) is 11.4. The molecule has 0 radical (unpaired) electrons. The predicted octanol–water partition coefficient (Wildman–Crippen LogP) is 7.68. The Balaban J connectivity index is 1.73. The zero-order valence-electron chi connectivity index (χ0n) is 22.3. The largest absolute Gasteiger partial charge is 0.497 e. The molecule has 0 saturated carbocycles. The fraction of sp³-hybridized carbons (Fsp3) is 0.167. The van der Waals surface area contributed by atoms with E-state index in [-0.39, 0.29) is 16.9 Å². The first-order chi connectivity index (χ1) is 20.0. The summed E-state index contributed by atoms with van der Waals surface area (Å²) in [6, 6.07) is 15.5. The molecular formula is C30H22F6O6S. The summed E-state index contributed by atoms with van der Waals surface area (Å²) in [5, 5.41) is 0. The Morgan fingerprint density at radius 2 is 1.16 bits per heavy atom. The third kappa shape index (κ3) is 6.09. The van der Waals surface area contributed by atoms with Gasteiger partial charge < -0.3 is 9.47 Å². The number of halogens is 6. The second-order valence-electron chi connectivity index (χ2n) is 9.43. The average molecular weight is 625 g/mol. The summed E-state index contributed by atoms with van der Waals surface area (Å²) in [6.07, 6.45) is -11.6. The quantitative estimate of drug-likeness (QED) is 0.123. The number of hydrogen-bond acceptors (Lipinski definition) is 5. The van der Waals surface area contributed by atoms with Crippen LogP contribution in [0.1, 0.15) is 32.6 Å². The van der Waals surface area contributed by atoms with E-state index in [0.717, 1.165) is 48.5 Å². The molecule has 0 amide bonds. The molecule has 0 unspecified atom stereocenters. The SMILES string of the molecule is COc1ccc(C(=O)c2ccc(Oc3ccc(C(c4ccc(C)cc4)(C(F)(F)F)C(F)(F)F)cc3)c(S(=O)(=O)O)c2)cc1. The van der Waals surface area contributed by atoms with Crippen LogP contribution in [0.2, 0.25) is 0 Å². The van der Waals surface area contributed by atoms with Crippen molar-refractivity contribution in [2.75, 3.05) is 7.11 Å². The van der Waals surface area contributed by atoms with E-state index in [9.17, 15) is 44.1 Å². The van der Waals surface area contributed by atoms with Crippen LogP contribution in [0.3, 0.4) is 0 Å². The van der Waals surface area contributed by atoms with Crippen molar-refractivity contribution in [3.63, 3.8) is 0 Å². The Morgan fingerprint density at radius 3 is 1.63 bits per heavy atom. The molecular weight excluding hydrogens is 602 g/mol. The standard InChI is InChI=1S/C30H22F6O6S/c1-18-3-8-21(9-4-18)28(29(31,32)33,30(34,35)36)22-10-14-24(15-11-22)42-25-16-7-20(17-26(25)43(38,39)40)27(37)19-5-12-23(41-2)13-6-19/h3-17H,1-2H3,(H,38,39,40). The number of hydrogen-bond donors (Lipinski definition) is 1. The number of benzene rings is 4. The number of aryl methyl sites for hydroxylation is 1. The van der Waals surface area contributed by atoms with E-state index >= 15 is 0 Å². The number of carbonyl (C=O) groups excluding carboxylic acids is 1. The highest BCUT2D eigenvalue weighted by atomic mass is 32.2. The first-order valence-electron chi connectivity index (χ1n) is 12.3. The van der Waals surface area contributed by atoms with Crippen molar-refractivity contribution in [3.8, 4) is 17.2 Å². The van der Waals surface area contributed by atoms with Crippen LogP contribution >= 0.6 is 0 Å². The van der Waals surface area contributed by atoms with E-state index in [4.69, 9.17) is 9.47 Å². The molecule has 0 spiro atoms. The van der Waals surface area contributed by atoms with Gasteiger partial charge in [0, 0.05) is 11.1 Å².